The molecule has 0 aliphatic rings. The van der Waals surface area contributed by atoms with Gasteiger partial charge in [0.1, 0.15) is 22.7 Å². The van der Waals surface area contributed by atoms with Crippen molar-refractivity contribution in [3.63, 3.8) is 0 Å². The molecule has 0 atom stereocenters. The minimum Gasteiger partial charge on any atom is -0.495 e. The summed E-state index contributed by atoms with van der Waals surface area (Å²) in [4.78, 5) is 39.3. The zero-order valence-corrected chi connectivity index (χ0v) is 20.1. The molecule has 0 spiro atoms. The number of anilines is 1. The Labute approximate surface area is 203 Å². The van der Waals surface area contributed by atoms with Crippen LogP contribution in [-0.2, 0) is 17.9 Å². The summed E-state index contributed by atoms with van der Waals surface area (Å²) in [5, 5.41) is 4.88. The Morgan fingerprint density at radius 3 is 2.71 bits per heavy atom. The van der Waals surface area contributed by atoms with Crippen LogP contribution in [0.3, 0.4) is 0 Å². The average molecular weight is 500 g/mol. The Kier molecular flexibility index (Phi) is 7.04. The van der Waals surface area contributed by atoms with Gasteiger partial charge in [0.2, 0.25) is 5.91 Å². The third-order valence-electron chi connectivity index (χ3n) is 5.12. The van der Waals surface area contributed by atoms with E-state index in [0.717, 1.165) is 10.1 Å². The molecule has 0 fully saturated rings. The number of nitrogens with zero attached hydrogens (tertiary/aromatic N) is 2. The lowest BCUT2D eigenvalue weighted by atomic mass is 10.2. The molecule has 1 amide bonds. The molecule has 0 aliphatic heterocycles. The summed E-state index contributed by atoms with van der Waals surface area (Å²) in [6, 6.07) is 13.7. The summed E-state index contributed by atoms with van der Waals surface area (Å²) >= 11 is 7.27. The number of aromatic nitrogens is 2. The van der Waals surface area contributed by atoms with Crippen molar-refractivity contribution in [3.05, 3.63) is 85.3 Å². The number of halogens is 1. The number of nitrogens with one attached hydrogen (secondary N) is 1. The number of carbonyl (C=O) groups is 1. The van der Waals surface area contributed by atoms with Gasteiger partial charge in [0.15, 0.2) is 0 Å². The average Bonchev–Trinajstić information content (AvgIpc) is 3.30. The number of carbonyl (C=O) groups excluding carboxylic acids is 1. The number of hydrogen-bond donors (Lipinski definition) is 1. The Bertz CT molecular complexity index is 1470. The number of hydrogen-bond acceptors (Lipinski definition) is 6. The number of rotatable bonds is 8. The zero-order valence-electron chi connectivity index (χ0n) is 18.5. The van der Waals surface area contributed by atoms with Crippen molar-refractivity contribution in [1.29, 1.82) is 0 Å². The summed E-state index contributed by atoms with van der Waals surface area (Å²) < 4.78 is 13.6. The van der Waals surface area contributed by atoms with Crippen LogP contribution in [0.5, 0.6) is 11.5 Å². The van der Waals surface area contributed by atoms with Gasteiger partial charge < -0.3 is 14.8 Å². The smallest absolute Gasteiger partial charge is 0.332 e. The second-order valence-corrected chi connectivity index (χ2v) is 8.72. The van der Waals surface area contributed by atoms with Gasteiger partial charge in [-0.15, -0.1) is 11.3 Å². The van der Waals surface area contributed by atoms with Gasteiger partial charge in [-0.25, -0.2) is 4.79 Å². The highest BCUT2D eigenvalue weighted by molar-refractivity contribution is 7.17. The van der Waals surface area contributed by atoms with Crippen LogP contribution < -0.4 is 26.0 Å². The number of thiophene rings is 1. The third kappa shape index (κ3) is 4.85. The van der Waals surface area contributed by atoms with Gasteiger partial charge in [0.05, 0.1) is 31.5 Å². The van der Waals surface area contributed by atoms with Crippen LogP contribution in [0.1, 0.15) is 12.5 Å². The number of ether oxygens (including phenoxy) is 2. The summed E-state index contributed by atoms with van der Waals surface area (Å²) in [7, 11) is 1.48. The summed E-state index contributed by atoms with van der Waals surface area (Å²) in [5.41, 5.74) is 0.555. The van der Waals surface area contributed by atoms with E-state index in [0.29, 0.717) is 39.0 Å². The first-order chi connectivity index (χ1) is 16.4. The van der Waals surface area contributed by atoms with Crippen LogP contribution in [0.2, 0.25) is 5.02 Å². The molecule has 10 heteroatoms. The summed E-state index contributed by atoms with van der Waals surface area (Å²) in [6.07, 6.45) is 0. The van der Waals surface area contributed by atoms with E-state index in [4.69, 9.17) is 21.1 Å². The Morgan fingerprint density at radius 2 is 1.94 bits per heavy atom. The quantitative estimate of drug-likeness (QED) is 0.396. The van der Waals surface area contributed by atoms with Gasteiger partial charge in [0.25, 0.3) is 5.56 Å². The molecule has 0 saturated heterocycles. The topological polar surface area (TPSA) is 91.6 Å². The maximum Gasteiger partial charge on any atom is 0.332 e. The molecule has 1 N–H and O–H groups in total. The summed E-state index contributed by atoms with van der Waals surface area (Å²) in [6.45, 7) is 2.14. The van der Waals surface area contributed by atoms with Crippen molar-refractivity contribution in [1.82, 2.24) is 9.13 Å². The van der Waals surface area contributed by atoms with Gasteiger partial charge in [0, 0.05) is 5.02 Å². The maximum absolute atomic E-state index is 13.4. The number of methoxy groups -OCH3 is 1. The molecule has 2 aromatic heterocycles. The molecule has 0 radical (unpaired) electrons. The highest BCUT2D eigenvalue weighted by atomic mass is 35.5. The zero-order chi connectivity index (χ0) is 24.2. The van der Waals surface area contributed by atoms with Crippen molar-refractivity contribution in [2.24, 2.45) is 0 Å². The molecule has 176 valence electrons. The van der Waals surface area contributed by atoms with Crippen LogP contribution in [0.25, 0.3) is 10.2 Å². The Morgan fingerprint density at radius 1 is 1.12 bits per heavy atom. The second-order valence-electron chi connectivity index (χ2n) is 7.37. The Hall–Kier alpha value is -3.56. The van der Waals surface area contributed by atoms with E-state index < -0.39 is 17.2 Å². The van der Waals surface area contributed by atoms with Crippen molar-refractivity contribution < 1.29 is 14.3 Å². The lowest BCUT2D eigenvalue weighted by Gasteiger charge is -2.14. The van der Waals surface area contributed by atoms with E-state index in [-0.39, 0.29) is 13.1 Å². The summed E-state index contributed by atoms with van der Waals surface area (Å²) in [5.74, 6) is 0.629. The molecule has 34 heavy (non-hydrogen) atoms. The van der Waals surface area contributed by atoms with Gasteiger partial charge in [-0.2, -0.15) is 0 Å². The normalized spacial score (nSPS) is 10.9. The fraction of sp³-hybridized carbons (Fsp3) is 0.208. The highest BCUT2D eigenvalue weighted by Crippen LogP contribution is 2.27. The van der Waals surface area contributed by atoms with Gasteiger partial charge >= 0.3 is 5.69 Å². The van der Waals surface area contributed by atoms with Crippen LogP contribution in [0, 0.1) is 0 Å². The van der Waals surface area contributed by atoms with E-state index >= 15 is 0 Å². The number of fused-ring (bicyclic) bond motifs is 1. The van der Waals surface area contributed by atoms with Gasteiger partial charge in [-0.05, 0) is 54.3 Å². The first kappa shape index (κ1) is 23.6. The predicted molar refractivity (Wildman–Crippen MR) is 134 cm³/mol. The van der Waals surface area contributed by atoms with E-state index in [2.05, 4.69) is 5.32 Å². The first-order valence-corrected chi connectivity index (χ1v) is 11.7. The van der Waals surface area contributed by atoms with Crippen molar-refractivity contribution in [2.75, 3.05) is 19.0 Å². The van der Waals surface area contributed by atoms with Gasteiger partial charge in [-0.1, -0.05) is 23.7 Å². The van der Waals surface area contributed by atoms with Crippen LogP contribution in [0.4, 0.5) is 5.69 Å². The largest absolute Gasteiger partial charge is 0.495 e. The molecule has 8 nitrogen and oxygen atoms in total. The van der Waals surface area contributed by atoms with Crippen molar-refractivity contribution in [3.8, 4) is 11.5 Å². The van der Waals surface area contributed by atoms with Crippen LogP contribution in [-0.4, -0.2) is 28.8 Å². The monoisotopic (exact) mass is 499 g/mol. The molecule has 0 unspecified atom stereocenters. The second kappa shape index (κ2) is 10.1. The molecule has 2 heterocycles. The number of benzene rings is 2. The lowest BCUT2D eigenvalue weighted by molar-refractivity contribution is -0.116. The van der Waals surface area contributed by atoms with Crippen molar-refractivity contribution in [2.45, 2.75) is 20.0 Å². The predicted octanol–water partition coefficient (Wildman–Crippen LogP) is 3.97. The van der Waals surface area contributed by atoms with Crippen LogP contribution in [0.15, 0.2) is 63.5 Å². The highest BCUT2D eigenvalue weighted by Gasteiger charge is 2.18. The molecule has 2 aromatic carbocycles. The lowest BCUT2D eigenvalue weighted by Crippen LogP contribution is -2.41. The van der Waals surface area contributed by atoms with Crippen LogP contribution >= 0.6 is 22.9 Å². The standard InChI is InChI=1S/C24H22ClN3O5S/c1-3-33-17-6-4-5-15(11-17)13-28-23(30)22-19(9-10-34-22)27(24(28)31)14-21(29)26-18-12-16(25)7-8-20(18)32-2/h4-12H,3,13-14H2,1-2H3,(H,26,29). The molecular formula is C24H22ClN3O5S. The molecule has 4 rings (SSSR count). The molecule has 0 saturated carbocycles. The fourth-order valence-electron chi connectivity index (χ4n) is 3.62. The third-order valence-corrected chi connectivity index (χ3v) is 6.25. The molecular weight excluding hydrogens is 478 g/mol. The van der Waals surface area contributed by atoms with E-state index in [1.165, 1.54) is 23.0 Å². The van der Waals surface area contributed by atoms with Crippen molar-refractivity contribution >= 4 is 44.7 Å². The van der Waals surface area contributed by atoms with E-state index in [9.17, 15) is 14.4 Å². The van der Waals surface area contributed by atoms with E-state index in [1.807, 2.05) is 19.1 Å². The van der Waals surface area contributed by atoms with E-state index in [1.54, 1.807) is 41.8 Å². The maximum atomic E-state index is 13.4. The Balaban J connectivity index is 1.70. The SMILES string of the molecule is CCOc1cccc(Cn2c(=O)c3sccc3n(CC(=O)Nc3cc(Cl)ccc3OC)c2=O)c1. The molecule has 0 bridgehead atoms. The molecule has 4 aromatic rings. The fourth-order valence-corrected chi connectivity index (χ4v) is 4.63. The minimum absolute atomic E-state index is 0.0517. The minimum atomic E-state index is -0.578. The molecule has 0 aliphatic carbocycles. The first-order valence-electron chi connectivity index (χ1n) is 10.5. The number of amides is 1. The van der Waals surface area contributed by atoms with Gasteiger partial charge in [-0.3, -0.25) is 18.7 Å².